The molecule has 1 heterocycles. The van der Waals surface area contributed by atoms with Crippen LogP contribution < -0.4 is 10.5 Å². The highest BCUT2D eigenvalue weighted by atomic mass is 79.9. The first-order valence-corrected chi connectivity index (χ1v) is 5.56. The number of aromatic hydroxyl groups is 1. The maximum atomic E-state index is 9.70. The number of nitrogens with zero attached hydrogens (tertiary/aromatic N) is 5. The largest absolute Gasteiger partial charge is 0.504 e. The summed E-state index contributed by atoms with van der Waals surface area (Å²) in [5, 5.41) is 24.0. The zero-order chi connectivity index (χ0) is 13.1. The summed E-state index contributed by atoms with van der Waals surface area (Å²) in [5.41, 5.74) is 6.08. The number of halogens is 1. The first kappa shape index (κ1) is 12.3. The number of rotatable bonds is 3. The van der Waals surface area contributed by atoms with Crippen LogP contribution in [0.5, 0.6) is 11.5 Å². The maximum Gasteiger partial charge on any atom is 0.263 e. The minimum absolute atomic E-state index is 0.00184. The van der Waals surface area contributed by atoms with E-state index in [0.717, 1.165) is 4.79 Å². The van der Waals surface area contributed by atoms with E-state index >= 15 is 0 Å². The predicted octanol–water partition coefficient (Wildman–Crippen LogP) is 0.614. The van der Waals surface area contributed by atoms with E-state index in [4.69, 9.17) is 10.5 Å². The van der Waals surface area contributed by atoms with Crippen molar-refractivity contribution >= 4 is 28.1 Å². The van der Waals surface area contributed by atoms with E-state index in [9.17, 15) is 5.11 Å². The van der Waals surface area contributed by atoms with Crippen molar-refractivity contribution in [3.05, 3.63) is 22.2 Å². The summed E-state index contributed by atoms with van der Waals surface area (Å²) in [6, 6.07) is 3.22. The lowest BCUT2D eigenvalue weighted by atomic mass is 10.2. The topological polar surface area (TPSA) is 111 Å². The number of aromatic nitrogens is 4. The molecule has 94 valence electrons. The fraction of sp³-hybridized carbons (Fsp3) is 0.111. The molecule has 2 aromatic rings. The zero-order valence-electron chi connectivity index (χ0n) is 9.28. The molecule has 1 aromatic carbocycles. The highest BCUT2D eigenvalue weighted by Gasteiger charge is 2.08. The number of hydrogen-bond donors (Lipinski definition) is 2. The normalized spacial score (nSPS) is 11.0. The van der Waals surface area contributed by atoms with Crippen LogP contribution in [0.15, 0.2) is 21.7 Å². The SMILES string of the molecule is COc1c(O)cc(/C=N/n2nnnc2N)cc1Br. The second kappa shape index (κ2) is 5.00. The Morgan fingerprint density at radius 1 is 1.56 bits per heavy atom. The van der Waals surface area contributed by atoms with Crippen molar-refractivity contribution in [2.45, 2.75) is 0 Å². The summed E-state index contributed by atoms with van der Waals surface area (Å²) in [5.74, 6) is 0.426. The number of nitrogens with two attached hydrogens (primary N) is 1. The third-order valence-electron chi connectivity index (χ3n) is 2.04. The van der Waals surface area contributed by atoms with Gasteiger partial charge < -0.3 is 15.6 Å². The Bertz CT molecular complexity index is 573. The Hall–Kier alpha value is -2.16. The summed E-state index contributed by atoms with van der Waals surface area (Å²) in [7, 11) is 1.47. The third kappa shape index (κ3) is 2.40. The molecule has 0 radical (unpaired) electrons. The van der Waals surface area contributed by atoms with Crippen molar-refractivity contribution in [2.24, 2.45) is 5.10 Å². The Kier molecular flexibility index (Phi) is 3.42. The Labute approximate surface area is 110 Å². The molecule has 8 nitrogen and oxygen atoms in total. The minimum atomic E-state index is -0.00184. The number of tetrazole rings is 1. The molecule has 0 saturated carbocycles. The van der Waals surface area contributed by atoms with Gasteiger partial charge in [0.05, 0.1) is 17.8 Å². The van der Waals surface area contributed by atoms with E-state index in [1.165, 1.54) is 19.4 Å². The molecule has 0 aliphatic heterocycles. The van der Waals surface area contributed by atoms with Crippen LogP contribution >= 0.6 is 15.9 Å². The smallest absolute Gasteiger partial charge is 0.263 e. The van der Waals surface area contributed by atoms with E-state index in [0.29, 0.717) is 15.8 Å². The van der Waals surface area contributed by atoms with Gasteiger partial charge in [0.25, 0.3) is 5.95 Å². The van der Waals surface area contributed by atoms with Crippen molar-refractivity contribution in [3.8, 4) is 11.5 Å². The molecule has 0 saturated heterocycles. The van der Waals surface area contributed by atoms with Crippen LogP contribution in [-0.2, 0) is 0 Å². The van der Waals surface area contributed by atoms with Crippen LogP contribution in [0.4, 0.5) is 5.95 Å². The number of benzene rings is 1. The van der Waals surface area contributed by atoms with Gasteiger partial charge in [-0.1, -0.05) is 9.89 Å². The lowest BCUT2D eigenvalue weighted by Gasteiger charge is -2.06. The Balaban J connectivity index is 2.31. The van der Waals surface area contributed by atoms with Gasteiger partial charge in [-0.3, -0.25) is 0 Å². The molecule has 0 bridgehead atoms. The maximum absolute atomic E-state index is 9.70. The number of nitrogen functional groups attached to an aromatic ring is 1. The fourth-order valence-corrected chi connectivity index (χ4v) is 1.90. The molecule has 0 fully saturated rings. The van der Waals surface area contributed by atoms with Gasteiger partial charge in [-0.25, -0.2) is 0 Å². The fourth-order valence-electron chi connectivity index (χ4n) is 1.27. The van der Waals surface area contributed by atoms with Crippen molar-refractivity contribution in [1.29, 1.82) is 0 Å². The van der Waals surface area contributed by atoms with Gasteiger partial charge in [0, 0.05) is 0 Å². The van der Waals surface area contributed by atoms with Crippen LogP contribution in [0, 0.1) is 0 Å². The molecular weight excluding hydrogens is 304 g/mol. The average molecular weight is 313 g/mol. The van der Waals surface area contributed by atoms with E-state index in [1.54, 1.807) is 6.07 Å². The summed E-state index contributed by atoms with van der Waals surface area (Å²) >= 11 is 3.27. The molecule has 0 atom stereocenters. The molecule has 0 unspecified atom stereocenters. The highest BCUT2D eigenvalue weighted by molar-refractivity contribution is 9.10. The molecule has 2 rings (SSSR count). The number of hydrogen-bond acceptors (Lipinski definition) is 7. The van der Waals surface area contributed by atoms with E-state index in [-0.39, 0.29) is 11.7 Å². The molecule has 3 N–H and O–H groups in total. The lowest BCUT2D eigenvalue weighted by molar-refractivity contribution is 0.371. The molecule has 0 aliphatic rings. The van der Waals surface area contributed by atoms with E-state index in [2.05, 4.69) is 36.6 Å². The second-order valence-electron chi connectivity index (χ2n) is 3.23. The first-order valence-electron chi connectivity index (χ1n) is 4.76. The van der Waals surface area contributed by atoms with Crippen LogP contribution in [0.25, 0.3) is 0 Å². The number of methoxy groups -OCH3 is 1. The number of phenols is 1. The summed E-state index contributed by atoms with van der Waals surface area (Å²) < 4.78 is 5.61. The number of ether oxygens (including phenoxy) is 1. The van der Waals surface area contributed by atoms with Gasteiger partial charge in [-0.2, -0.15) is 5.10 Å². The van der Waals surface area contributed by atoms with Gasteiger partial charge >= 0.3 is 0 Å². The van der Waals surface area contributed by atoms with Crippen LogP contribution in [0.1, 0.15) is 5.56 Å². The van der Waals surface area contributed by atoms with Gasteiger partial charge in [0.1, 0.15) is 0 Å². The van der Waals surface area contributed by atoms with E-state index < -0.39 is 0 Å². The lowest BCUT2D eigenvalue weighted by Crippen LogP contribution is -1.99. The highest BCUT2D eigenvalue weighted by Crippen LogP contribution is 2.34. The van der Waals surface area contributed by atoms with Crippen molar-refractivity contribution < 1.29 is 9.84 Å². The van der Waals surface area contributed by atoms with Gasteiger partial charge in [-0.05, 0) is 44.1 Å². The molecule has 9 heteroatoms. The van der Waals surface area contributed by atoms with Gasteiger partial charge in [0.15, 0.2) is 11.5 Å². The van der Waals surface area contributed by atoms with Crippen molar-refractivity contribution in [3.63, 3.8) is 0 Å². The standard InChI is InChI=1S/C9H9BrN6O2/c1-18-8-6(10)2-5(3-7(8)17)4-12-16-9(11)13-14-15-16/h2-4,17H,1H3,(H2,11,13,15)/b12-4+. The first-order chi connectivity index (χ1) is 8.61. The van der Waals surface area contributed by atoms with Crippen LogP contribution in [0.2, 0.25) is 0 Å². The quantitative estimate of drug-likeness (QED) is 0.803. The number of phenolic OH excluding ortho intramolecular Hbond substituents is 1. The van der Waals surface area contributed by atoms with Gasteiger partial charge in [0.2, 0.25) is 0 Å². The monoisotopic (exact) mass is 312 g/mol. The van der Waals surface area contributed by atoms with Crippen molar-refractivity contribution in [2.75, 3.05) is 12.8 Å². The van der Waals surface area contributed by atoms with Crippen LogP contribution in [0.3, 0.4) is 0 Å². The second-order valence-corrected chi connectivity index (χ2v) is 4.08. The molecule has 1 aromatic heterocycles. The summed E-state index contributed by atoms with van der Waals surface area (Å²) in [6.45, 7) is 0. The Morgan fingerprint density at radius 2 is 2.33 bits per heavy atom. The van der Waals surface area contributed by atoms with Crippen LogP contribution in [-0.4, -0.2) is 38.7 Å². The molecule has 0 aliphatic carbocycles. The number of anilines is 1. The summed E-state index contributed by atoms with van der Waals surface area (Å²) in [6.07, 6.45) is 1.46. The van der Waals surface area contributed by atoms with E-state index in [1.807, 2.05) is 0 Å². The zero-order valence-corrected chi connectivity index (χ0v) is 10.9. The predicted molar refractivity (Wildman–Crippen MR) is 67.6 cm³/mol. The molecule has 0 amide bonds. The minimum Gasteiger partial charge on any atom is -0.504 e. The molecular formula is C9H9BrN6O2. The van der Waals surface area contributed by atoms with Gasteiger partial charge in [-0.15, -0.1) is 0 Å². The summed E-state index contributed by atoms with van der Waals surface area (Å²) in [4.78, 5) is 1.06. The molecule has 18 heavy (non-hydrogen) atoms. The molecule has 0 spiro atoms. The Morgan fingerprint density at radius 3 is 2.89 bits per heavy atom. The third-order valence-corrected chi connectivity index (χ3v) is 2.63. The van der Waals surface area contributed by atoms with Crippen molar-refractivity contribution in [1.82, 2.24) is 20.3 Å². The average Bonchev–Trinajstić information content (AvgIpc) is 2.72.